The third kappa shape index (κ3) is 4.36. The molecule has 0 N–H and O–H groups in total. The van der Waals surface area contributed by atoms with Crippen LogP contribution in [-0.2, 0) is 20.9 Å². The molecule has 3 nitrogen and oxygen atoms in total. The number of hydrogen-bond donors (Lipinski definition) is 0. The van der Waals surface area contributed by atoms with Crippen LogP contribution in [0.5, 0.6) is 0 Å². The van der Waals surface area contributed by atoms with E-state index >= 15 is 0 Å². The summed E-state index contributed by atoms with van der Waals surface area (Å²) >= 11 is 6.00. The first-order chi connectivity index (χ1) is 8.19. The number of ether oxygens (including phenoxy) is 2. The van der Waals surface area contributed by atoms with Crippen molar-refractivity contribution < 1.29 is 14.3 Å². The number of benzene rings is 1. The molecule has 1 aromatic rings. The lowest BCUT2D eigenvalue weighted by Crippen LogP contribution is -2.25. The molecule has 0 bridgehead atoms. The molecule has 1 rings (SSSR count). The van der Waals surface area contributed by atoms with Crippen molar-refractivity contribution in [1.29, 1.82) is 0 Å². The molecule has 0 aliphatic carbocycles. The molecule has 0 saturated heterocycles. The molecule has 0 aromatic heterocycles. The highest BCUT2D eigenvalue weighted by molar-refractivity contribution is 6.31. The van der Waals surface area contributed by atoms with Crippen molar-refractivity contribution in [2.45, 2.75) is 33.0 Å². The lowest BCUT2D eigenvalue weighted by molar-refractivity contribution is -0.157. The number of hydrogen-bond acceptors (Lipinski definition) is 3. The molecule has 94 valence electrons. The Balaban J connectivity index is 2.53. The second-order valence-electron chi connectivity index (χ2n) is 3.55. The van der Waals surface area contributed by atoms with E-state index in [-0.39, 0.29) is 5.97 Å². The first-order valence-corrected chi connectivity index (χ1v) is 6.08. The molecule has 0 saturated carbocycles. The molecular weight excluding hydrogens is 240 g/mol. The summed E-state index contributed by atoms with van der Waals surface area (Å²) in [4.78, 5) is 11.5. The normalized spacial score (nSPS) is 12.2. The van der Waals surface area contributed by atoms with Crippen LogP contribution in [0.3, 0.4) is 0 Å². The Morgan fingerprint density at radius 3 is 2.65 bits per heavy atom. The van der Waals surface area contributed by atoms with Gasteiger partial charge >= 0.3 is 5.97 Å². The average Bonchev–Trinajstić information content (AvgIpc) is 2.32. The SMILES string of the molecule is CCOC(=O)C(CC)OCc1ccccc1Cl. The summed E-state index contributed by atoms with van der Waals surface area (Å²) in [7, 11) is 0. The second-order valence-corrected chi connectivity index (χ2v) is 3.96. The standard InChI is InChI=1S/C13H17ClO3/c1-3-12(13(15)16-4-2)17-9-10-7-5-6-8-11(10)14/h5-8,12H,3-4,9H2,1-2H3. The molecule has 0 aliphatic heterocycles. The maximum Gasteiger partial charge on any atom is 0.335 e. The number of carbonyl (C=O) groups excluding carboxylic acids is 1. The Hall–Kier alpha value is -1.06. The minimum atomic E-state index is -0.522. The number of esters is 1. The average molecular weight is 257 g/mol. The van der Waals surface area contributed by atoms with Gasteiger partial charge < -0.3 is 9.47 Å². The van der Waals surface area contributed by atoms with Gasteiger partial charge in [0.1, 0.15) is 0 Å². The second kappa shape index (κ2) is 7.30. The van der Waals surface area contributed by atoms with Gasteiger partial charge in [-0.2, -0.15) is 0 Å². The van der Waals surface area contributed by atoms with E-state index in [1.807, 2.05) is 25.1 Å². The van der Waals surface area contributed by atoms with E-state index in [2.05, 4.69) is 0 Å². The highest BCUT2D eigenvalue weighted by atomic mass is 35.5. The van der Waals surface area contributed by atoms with Gasteiger partial charge in [0.15, 0.2) is 6.10 Å². The van der Waals surface area contributed by atoms with Crippen LogP contribution in [-0.4, -0.2) is 18.7 Å². The summed E-state index contributed by atoms with van der Waals surface area (Å²) < 4.78 is 10.4. The molecule has 1 aromatic carbocycles. The van der Waals surface area contributed by atoms with Crippen molar-refractivity contribution in [1.82, 2.24) is 0 Å². The zero-order valence-corrected chi connectivity index (χ0v) is 10.9. The highest BCUT2D eigenvalue weighted by Gasteiger charge is 2.18. The van der Waals surface area contributed by atoms with E-state index in [1.54, 1.807) is 13.0 Å². The Kier molecular flexibility index (Phi) is 6.01. The Morgan fingerprint density at radius 2 is 2.06 bits per heavy atom. The van der Waals surface area contributed by atoms with Gasteiger partial charge in [-0.3, -0.25) is 0 Å². The van der Waals surface area contributed by atoms with Crippen LogP contribution >= 0.6 is 11.6 Å². The quantitative estimate of drug-likeness (QED) is 0.734. The maximum absolute atomic E-state index is 11.5. The molecule has 0 amide bonds. The summed E-state index contributed by atoms with van der Waals surface area (Å²) in [6.07, 6.45) is 0.0646. The minimum absolute atomic E-state index is 0.316. The van der Waals surface area contributed by atoms with Crippen LogP contribution in [0.25, 0.3) is 0 Å². The fraction of sp³-hybridized carbons (Fsp3) is 0.462. The Morgan fingerprint density at radius 1 is 1.35 bits per heavy atom. The van der Waals surface area contributed by atoms with Crippen molar-refractivity contribution >= 4 is 17.6 Å². The van der Waals surface area contributed by atoms with E-state index in [1.165, 1.54) is 0 Å². The van der Waals surface area contributed by atoms with E-state index < -0.39 is 6.10 Å². The minimum Gasteiger partial charge on any atom is -0.464 e. The van der Waals surface area contributed by atoms with Crippen LogP contribution in [0.1, 0.15) is 25.8 Å². The summed E-state index contributed by atoms with van der Waals surface area (Å²) in [6, 6.07) is 7.41. The summed E-state index contributed by atoms with van der Waals surface area (Å²) in [5.74, 6) is -0.318. The van der Waals surface area contributed by atoms with Crippen molar-refractivity contribution in [2.24, 2.45) is 0 Å². The smallest absolute Gasteiger partial charge is 0.335 e. The first-order valence-electron chi connectivity index (χ1n) is 5.70. The van der Waals surface area contributed by atoms with Gasteiger partial charge in [0.25, 0.3) is 0 Å². The van der Waals surface area contributed by atoms with Crippen molar-refractivity contribution in [3.05, 3.63) is 34.9 Å². The predicted molar refractivity (Wildman–Crippen MR) is 67.0 cm³/mol. The maximum atomic E-state index is 11.5. The highest BCUT2D eigenvalue weighted by Crippen LogP contribution is 2.17. The molecular formula is C13H17ClO3. The molecule has 1 unspecified atom stereocenters. The topological polar surface area (TPSA) is 35.5 Å². The van der Waals surface area contributed by atoms with Crippen molar-refractivity contribution in [2.75, 3.05) is 6.61 Å². The van der Waals surface area contributed by atoms with Crippen LogP contribution in [0.2, 0.25) is 5.02 Å². The van der Waals surface area contributed by atoms with E-state index in [4.69, 9.17) is 21.1 Å². The largest absolute Gasteiger partial charge is 0.464 e. The first kappa shape index (κ1) is 14.0. The third-order valence-electron chi connectivity index (χ3n) is 2.32. The third-order valence-corrected chi connectivity index (χ3v) is 2.69. The van der Waals surface area contributed by atoms with Gasteiger partial charge in [0.2, 0.25) is 0 Å². The lowest BCUT2D eigenvalue weighted by atomic mass is 10.2. The molecule has 0 fully saturated rings. The molecule has 0 radical (unpaired) electrons. The number of rotatable bonds is 6. The Bertz CT molecular complexity index is 365. The van der Waals surface area contributed by atoms with Gasteiger partial charge in [-0.05, 0) is 25.0 Å². The molecule has 0 heterocycles. The zero-order valence-electron chi connectivity index (χ0n) is 10.1. The molecule has 17 heavy (non-hydrogen) atoms. The number of halogens is 1. The molecule has 0 spiro atoms. The van der Waals surface area contributed by atoms with Crippen LogP contribution in [0.4, 0.5) is 0 Å². The molecule has 0 aliphatic rings. The van der Waals surface area contributed by atoms with Crippen molar-refractivity contribution in [3.8, 4) is 0 Å². The summed E-state index contributed by atoms with van der Waals surface area (Å²) in [5, 5.41) is 0.645. The van der Waals surface area contributed by atoms with Crippen LogP contribution in [0, 0.1) is 0 Å². The van der Waals surface area contributed by atoms with Gasteiger partial charge in [0.05, 0.1) is 13.2 Å². The van der Waals surface area contributed by atoms with Gasteiger partial charge in [-0.25, -0.2) is 4.79 Å². The van der Waals surface area contributed by atoms with Crippen LogP contribution in [0.15, 0.2) is 24.3 Å². The Labute approximate surface area is 107 Å². The molecule has 1 atom stereocenters. The molecule has 4 heteroatoms. The lowest BCUT2D eigenvalue weighted by Gasteiger charge is -2.15. The van der Waals surface area contributed by atoms with E-state index in [0.29, 0.717) is 24.7 Å². The van der Waals surface area contributed by atoms with Crippen LogP contribution < -0.4 is 0 Å². The van der Waals surface area contributed by atoms with Gasteiger partial charge in [0, 0.05) is 5.02 Å². The monoisotopic (exact) mass is 256 g/mol. The summed E-state index contributed by atoms with van der Waals surface area (Å²) in [5.41, 5.74) is 0.872. The number of carbonyl (C=O) groups is 1. The van der Waals surface area contributed by atoms with E-state index in [0.717, 1.165) is 5.56 Å². The zero-order chi connectivity index (χ0) is 12.7. The fourth-order valence-corrected chi connectivity index (χ4v) is 1.58. The van der Waals surface area contributed by atoms with Gasteiger partial charge in [-0.15, -0.1) is 0 Å². The van der Waals surface area contributed by atoms with Crippen molar-refractivity contribution in [3.63, 3.8) is 0 Å². The predicted octanol–water partition coefficient (Wildman–Crippen LogP) is 3.20. The summed E-state index contributed by atoms with van der Waals surface area (Å²) in [6.45, 7) is 4.34. The fourth-order valence-electron chi connectivity index (χ4n) is 1.39. The van der Waals surface area contributed by atoms with E-state index in [9.17, 15) is 4.79 Å². The van der Waals surface area contributed by atoms with Gasteiger partial charge in [-0.1, -0.05) is 36.7 Å².